The molecule has 2 aliphatic rings. The molecule has 1 aromatic heterocycles. The third-order valence-corrected chi connectivity index (χ3v) is 5.51. The van der Waals surface area contributed by atoms with E-state index in [4.69, 9.17) is 24.3 Å². The fourth-order valence-electron chi connectivity index (χ4n) is 3.28. The Morgan fingerprint density at radius 2 is 1.94 bits per heavy atom. The van der Waals surface area contributed by atoms with E-state index in [1.165, 1.54) is 11.3 Å². The van der Waals surface area contributed by atoms with Crippen LogP contribution in [0.25, 0.3) is 11.3 Å². The number of thiazole rings is 1. The predicted molar refractivity (Wildman–Crippen MR) is 118 cm³/mol. The quantitative estimate of drug-likeness (QED) is 0.635. The van der Waals surface area contributed by atoms with Gasteiger partial charge in [-0.2, -0.15) is 5.10 Å². The second-order valence-electron chi connectivity index (χ2n) is 7.34. The maximum absolute atomic E-state index is 11.7. The number of fused-ring (bicyclic) bond motifs is 2. The predicted octanol–water partition coefficient (Wildman–Crippen LogP) is 3.47. The van der Waals surface area contributed by atoms with Gasteiger partial charge < -0.3 is 19.5 Å². The minimum atomic E-state index is -0.167. The van der Waals surface area contributed by atoms with E-state index in [0.29, 0.717) is 17.2 Å². The van der Waals surface area contributed by atoms with E-state index in [1.54, 1.807) is 6.21 Å². The first-order valence-corrected chi connectivity index (χ1v) is 10.7. The Morgan fingerprint density at radius 3 is 2.81 bits per heavy atom. The average Bonchev–Trinajstić information content (AvgIpc) is 3.37. The zero-order valence-corrected chi connectivity index (χ0v) is 17.8. The second-order valence-corrected chi connectivity index (χ2v) is 8.18. The fourth-order valence-corrected chi connectivity index (χ4v) is 4.25. The summed E-state index contributed by atoms with van der Waals surface area (Å²) in [5, 5.41) is 9.57. The Balaban J connectivity index is 1.56. The highest BCUT2D eigenvalue weighted by atomic mass is 32.1. The Bertz CT molecular complexity index is 1260. The van der Waals surface area contributed by atoms with Gasteiger partial charge in [0.15, 0.2) is 18.1 Å². The van der Waals surface area contributed by atoms with Gasteiger partial charge in [-0.15, -0.1) is 11.3 Å². The number of anilines is 1. The SMILES string of the molecule is CC(C)N=c1scc(-c2ccc3c(c2)NC(=O)CO3)n1N=Cc1ccc2c(c1)OCO2. The molecule has 2 aromatic carbocycles. The number of benzene rings is 2. The van der Waals surface area contributed by atoms with Gasteiger partial charge in [-0.05, 0) is 55.8 Å². The number of carbonyl (C=O) groups is 1. The number of hydrogen-bond acceptors (Lipinski definition) is 7. The number of amides is 1. The summed E-state index contributed by atoms with van der Waals surface area (Å²) < 4.78 is 18.1. The molecule has 0 saturated heterocycles. The van der Waals surface area contributed by atoms with Crippen LogP contribution in [0.2, 0.25) is 0 Å². The summed E-state index contributed by atoms with van der Waals surface area (Å²) in [7, 11) is 0. The molecule has 0 bridgehead atoms. The van der Waals surface area contributed by atoms with Crippen LogP contribution in [0, 0.1) is 0 Å². The van der Waals surface area contributed by atoms with Gasteiger partial charge in [0, 0.05) is 17.0 Å². The molecular weight excluding hydrogens is 416 g/mol. The van der Waals surface area contributed by atoms with Crippen LogP contribution >= 0.6 is 11.3 Å². The van der Waals surface area contributed by atoms with E-state index in [2.05, 4.69) is 5.32 Å². The van der Waals surface area contributed by atoms with E-state index in [0.717, 1.165) is 27.4 Å². The zero-order valence-electron chi connectivity index (χ0n) is 17.0. The Labute approximate surface area is 182 Å². The van der Waals surface area contributed by atoms with Gasteiger partial charge in [0.25, 0.3) is 5.91 Å². The molecule has 5 rings (SSSR count). The van der Waals surface area contributed by atoms with Crippen LogP contribution in [0.5, 0.6) is 17.2 Å². The van der Waals surface area contributed by atoms with Crippen LogP contribution in [0.15, 0.2) is 51.9 Å². The smallest absolute Gasteiger partial charge is 0.262 e. The minimum Gasteiger partial charge on any atom is -0.482 e. The maximum atomic E-state index is 11.7. The normalized spacial score (nSPS) is 15.3. The van der Waals surface area contributed by atoms with Crippen LogP contribution in [0.3, 0.4) is 0 Å². The molecule has 3 aromatic rings. The number of hydrogen-bond donors (Lipinski definition) is 1. The van der Waals surface area contributed by atoms with Crippen LogP contribution in [-0.2, 0) is 4.79 Å². The first-order valence-electron chi connectivity index (χ1n) is 9.82. The summed E-state index contributed by atoms with van der Waals surface area (Å²) in [5.41, 5.74) is 3.29. The number of nitrogens with zero attached hydrogens (tertiary/aromatic N) is 3. The molecule has 2 aliphatic heterocycles. The third-order valence-electron chi connectivity index (χ3n) is 4.68. The number of aromatic nitrogens is 1. The first-order chi connectivity index (χ1) is 15.1. The van der Waals surface area contributed by atoms with Gasteiger partial charge in [0.05, 0.1) is 17.6 Å². The van der Waals surface area contributed by atoms with Crippen molar-refractivity contribution < 1.29 is 19.0 Å². The van der Waals surface area contributed by atoms with Crippen molar-refractivity contribution >= 4 is 29.1 Å². The molecule has 3 heterocycles. The van der Waals surface area contributed by atoms with Gasteiger partial charge in [-0.25, -0.2) is 4.68 Å². The number of nitrogens with one attached hydrogen (secondary N) is 1. The first kappa shape index (κ1) is 19.4. The molecule has 158 valence electrons. The van der Waals surface area contributed by atoms with Crippen molar-refractivity contribution in [1.82, 2.24) is 4.68 Å². The molecule has 31 heavy (non-hydrogen) atoms. The topological polar surface area (TPSA) is 86.4 Å². The molecule has 0 atom stereocenters. The van der Waals surface area contributed by atoms with Gasteiger partial charge in [-0.1, -0.05) is 0 Å². The summed E-state index contributed by atoms with van der Waals surface area (Å²) in [6.07, 6.45) is 1.76. The van der Waals surface area contributed by atoms with Crippen molar-refractivity contribution in [2.45, 2.75) is 19.9 Å². The summed E-state index contributed by atoms with van der Waals surface area (Å²) in [5.74, 6) is 1.92. The van der Waals surface area contributed by atoms with Crippen molar-refractivity contribution in [3.8, 4) is 28.5 Å². The van der Waals surface area contributed by atoms with Crippen molar-refractivity contribution in [3.63, 3.8) is 0 Å². The zero-order chi connectivity index (χ0) is 21.4. The summed E-state index contributed by atoms with van der Waals surface area (Å²) in [6, 6.07) is 11.5. The Kier molecular flexibility index (Phi) is 4.95. The van der Waals surface area contributed by atoms with Crippen LogP contribution in [-0.4, -0.2) is 36.2 Å². The van der Waals surface area contributed by atoms with Crippen LogP contribution in [0.1, 0.15) is 19.4 Å². The fraction of sp³-hybridized carbons (Fsp3) is 0.227. The van der Waals surface area contributed by atoms with Gasteiger partial charge in [0.2, 0.25) is 11.6 Å². The molecule has 1 amide bonds. The highest BCUT2D eigenvalue weighted by Gasteiger charge is 2.18. The lowest BCUT2D eigenvalue weighted by molar-refractivity contribution is -0.118. The lowest BCUT2D eigenvalue weighted by atomic mass is 10.1. The molecule has 1 N–H and O–H groups in total. The highest BCUT2D eigenvalue weighted by molar-refractivity contribution is 7.07. The summed E-state index contributed by atoms with van der Waals surface area (Å²) >= 11 is 1.51. The van der Waals surface area contributed by atoms with Gasteiger partial charge in [-0.3, -0.25) is 9.79 Å². The number of ether oxygens (including phenoxy) is 3. The van der Waals surface area contributed by atoms with Crippen molar-refractivity contribution in [3.05, 3.63) is 52.1 Å². The average molecular weight is 436 g/mol. The van der Waals surface area contributed by atoms with E-state index >= 15 is 0 Å². The molecule has 0 spiro atoms. The molecule has 0 radical (unpaired) electrons. The molecule has 8 nitrogen and oxygen atoms in total. The standard InChI is InChI=1S/C22H20N4O4S/c1-13(2)24-22-26(23-9-14-3-5-19-20(7-14)30-12-29-19)17(11-31-22)15-4-6-18-16(8-15)25-21(27)10-28-18/h3-9,11,13H,10,12H2,1-2H3,(H,25,27). The molecule has 0 fully saturated rings. The van der Waals surface area contributed by atoms with Gasteiger partial charge >= 0.3 is 0 Å². The Morgan fingerprint density at radius 1 is 1.10 bits per heavy atom. The van der Waals surface area contributed by atoms with Crippen LogP contribution < -0.4 is 24.3 Å². The van der Waals surface area contributed by atoms with E-state index < -0.39 is 0 Å². The molecule has 9 heteroatoms. The molecule has 0 aliphatic carbocycles. The largest absolute Gasteiger partial charge is 0.482 e. The van der Waals surface area contributed by atoms with Crippen molar-refractivity contribution in [1.29, 1.82) is 0 Å². The van der Waals surface area contributed by atoms with E-state index in [9.17, 15) is 4.79 Å². The molecule has 0 unspecified atom stereocenters. The second kappa shape index (κ2) is 7.92. The highest BCUT2D eigenvalue weighted by Crippen LogP contribution is 2.33. The van der Waals surface area contributed by atoms with Gasteiger partial charge in [0.1, 0.15) is 5.75 Å². The maximum Gasteiger partial charge on any atom is 0.262 e. The third kappa shape index (κ3) is 3.91. The van der Waals surface area contributed by atoms with E-state index in [1.807, 2.05) is 60.3 Å². The summed E-state index contributed by atoms with van der Waals surface area (Å²) in [4.78, 5) is 17.2. The lowest BCUT2D eigenvalue weighted by Gasteiger charge is -2.18. The van der Waals surface area contributed by atoms with Crippen LogP contribution in [0.4, 0.5) is 5.69 Å². The number of rotatable bonds is 4. The van der Waals surface area contributed by atoms with Crippen molar-refractivity contribution in [2.24, 2.45) is 10.1 Å². The van der Waals surface area contributed by atoms with Crippen molar-refractivity contribution in [2.75, 3.05) is 18.7 Å². The lowest BCUT2D eigenvalue weighted by Crippen LogP contribution is -2.25. The Hall–Kier alpha value is -3.59. The number of carbonyl (C=O) groups excluding carboxylic acids is 1. The molecule has 0 saturated carbocycles. The minimum absolute atomic E-state index is 0.0298. The molecular formula is C22H20N4O4S. The van der Waals surface area contributed by atoms with E-state index in [-0.39, 0.29) is 25.3 Å². The summed E-state index contributed by atoms with van der Waals surface area (Å²) in [6.45, 7) is 4.31. The monoisotopic (exact) mass is 436 g/mol.